The van der Waals surface area contributed by atoms with Crippen LogP contribution in [0.2, 0.25) is 0 Å². The Hall–Kier alpha value is -1.77. The van der Waals surface area contributed by atoms with E-state index in [2.05, 4.69) is 20.9 Å². The molecule has 0 unspecified atom stereocenters. The van der Waals surface area contributed by atoms with Gasteiger partial charge in [0, 0.05) is 22.8 Å². The van der Waals surface area contributed by atoms with E-state index in [-0.39, 0.29) is 24.3 Å². The third-order valence-electron chi connectivity index (χ3n) is 3.72. The van der Waals surface area contributed by atoms with Crippen LogP contribution in [-0.4, -0.2) is 35.9 Å². The summed E-state index contributed by atoms with van der Waals surface area (Å²) >= 11 is 2.90. The maximum atomic E-state index is 12.1. The molecule has 24 heavy (non-hydrogen) atoms. The lowest BCUT2D eigenvalue weighted by molar-refractivity contribution is -0.121. The van der Waals surface area contributed by atoms with Gasteiger partial charge in [-0.3, -0.25) is 9.59 Å². The molecule has 3 heterocycles. The molecular weight excluding hydrogens is 344 g/mol. The molecule has 2 aromatic heterocycles. The molecule has 1 aliphatic rings. The number of thiazole rings is 1. The van der Waals surface area contributed by atoms with Gasteiger partial charge in [0.05, 0.1) is 18.5 Å². The van der Waals surface area contributed by atoms with Crippen molar-refractivity contribution in [1.82, 2.24) is 15.6 Å². The van der Waals surface area contributed by atoms with Crippen molar-refractivity contribution in [1.29, 1.82) is 0 Å². The van der Waals surface area contributed by atoms with E-state index in [4.69, 9.17) is 0 Å². The summed E-state index contributed by atoms with van der Waals surface area (Å²) in [6, 6.07) is 4.06. The van der Waals surface area contributed by atoms with E-state index in [1.165, 1.54) is 11.3 Å². The number of amides is 2. The topological polar surface area (TPSA) is 83.1 Å². The number of aromatic nitrogens is 1. The summed E-state index contributed by atoms with van der Waals surface area (Å²) in [7, 11) is 0. The number of rotatable bonds is 6. The van der Waals surface area contributed by atoms with Crippen LogP contribution in [0.15, 0.2) is 22.9 Å². The highest BCUT2D eigenvalue weighted by Gasteiger charge is 2.16. The molecule has 2 aromatic rings. The number of nitrogens with zero attached hydrogens (tertiary/aromatic N) is 1. The van der Waals surface area contributed by atoms with Crippen molar-refractivity contribution in [3.05, 3.63) is 33.5 Å². The molecule has 3 rings (SSSR count). The number of carbonyl (C=O) groups excluding carboxylic acids is 2. The lowest BCUT2D eigenvalue weighted by atomic mass is 10.1. The minimum atomic E-state index is -0.0870. The first-order valence-corrected chi connectivity index (χ1v) is 9.71. The monoisotopic (exact) mass is 364 g/mol. The Bertz CT molecular complexity index is 678. The van der Waals surface area contributed by atoms with Crippen LogP contribution in [-0.2, 0) is 22.4 Å². The van der Waals surface area contributed by atoms with Crippen molar-refractivity contribution in [3.8, 4) is 0 Å². The predicted molar refractivity (Wildman–Crippen MR) is 96.5 cm³/mol. The van der Waals surface area contributed by atoms with Crippen LogP contribution in [0.4, 0.5) is 5.13 Å². The lowest BCUT2D eigenvalue weighted by Crippen LogP contribution is -2.46. The van der Waals surface area contributed by atoms with Gasteiger partial charge in [-0.15, -0.1) is 22.7 Å². The predicted octanol–water partition coefficient (Wildman–Crippen LogP) is 1.80. The summed E-state index contributed by atoms with van der Waals surface area (Å²) < 4.78 is 0. The van der Waals surface area contributed by atoms with Crippen LogP contribution in [0.5, 0.6) is 0 Å². The molecule has 1 fully saturated rings. The van der Waals surface area contributed by atoms with Crippen LogP contribution in [0.25, 0.3) is 0 Å². The lowest BCUT2D eigenvalue weighted by Gasteiger charge is -2.23. The Labute approximate surface area is 148 Å². The highest BCUT2D eigenvalue weighted by atomic mass is 32.1. The van der Waals surface area contributed by atoms with Gasteiger partial charge in [0.1, 0.15) is 0 Å². The molecule has 8 heteroatoms. The highest BCUT2D eigenvalue weighted by Crippen LogP contribution is 2.17. The first kappa shape index (κ1) is 17.1. The van der Waals surface area contributed by atoms with Crippen LogP contribution in [0.1, 0.15) is 23.4 Å². The smallest absolute Gasteiger partial charge is 0.231 e. The summed E-state index contributed by atoms with van der Waals surface area (Å²) in [5, 5.41) is 13.4. The molecule has 1 atom stereocenters. The second kappa shape index (κ2) is 8.36. The van der Waals surface area contributed by atoms with Gasteiger partial charge in [-0.05, 0) is 30.8 Å². The van der Waals surface area contributed by atoms with Crippen LogP contribution in [0.3, 0.4) is 0 Å². The minimum Gasteiger partial charge on any atom is -0.352 e. The zero-order valence-corrected chi connectivity index (χ0v) is 14.8. The van der Waals surface area contributed by atoms with Crippen molar-refractivity contribution in [3.63, 3.8) is 0 Å². The molecule has 3 N–H and O–H groups in total. The summed E-state index contributed by atoms with van der Waals surface area (Å²) in [5.74, 6) is -0.110. The fourth-order valence-electron chi connectivity index (χ4n) is 2.60. The number of hydrogen-bond acceptors (Lipinski definition) is 6. The second-order valence-electron chi connectivity index (χ2n) is 5.74. The number of nitrogens with one attached hydrogen (secondary N) is 3. The number of thiophene rings is 1. The van der Waals surface area contributed by atoms with Crippen molar-refractivity contribution < 1.29 is 9.59 Å². The van der Waals surface area contributed by atoms with Gasteiger partial charge in [0.2, 0.25) is 11.8 Å². The quantitative estimate of drug-likeness (QED) is 0.730. The Morgan fingerprint density at radius 2 is 2.21 bits per heavy atom. The van der Waals surface area contributed by atoms with Crippen LogP contribution in [0, 0.1) is 0 Å². The third kappa shape index (κ3) is 5.12. The minimum absolute atomic E-state index is 0.0227. The number of anilines is 1. The first-order chi connectivity index (χ1) is 11.7. The van der Waals surface area contributed by atoms with E-state index in [1.54, 1.807) is 11.3 Å². The van der Waals surface area contributed by atoms with Gasteiger partial charge in [0.25, 0.3) is 0 Å². The molecular formula is C16H20N4O2S2. The van der Waals surface area contributed by atoms with Crippen LogP contribution < -0.4 is 16.0 Å². The number of piperidine rings is 1. The zero-order valence-electron chi connectivity index (χ0n) is 13.2. The van der Waals surface area contributed by atoms with E-state index in [1.807, 2.05) is 22.9 Å². The van der Waals surface area contributed by atoms with Gasteiger partial charge in [-0.1, -0.05) is 6.07 Å². The van der Waals surface area contributed by atoms with Gasteiger partial charge in [0.15, 0.2) is 5.13 Å². The molecule has 0 radical (unpaired) electrons. The largest absolute Gasteiger partial charge is 0.352 e. The van der Waals surface area contributed by atoms with Crippen molar-refractivity contribution >= 4 is 39.6 Å². The molecule has 0 aromatic carbocycles. The summed E-state index contributed by atoms with van der Waals surface area (Å²) in [6.45, 7) is 1.85. The van der Waals surface area contributed by atoms with Crippen molar-refractivity contribution in [2.75, 3.05) is 18.4 Å². The van der Waals surface area contributed by atoms with Crippen molar-refractivity contribution in [2.45, 2.75) is 31.7 Å². The van der Waals surface area contributed by atoms with E-state index in [9.17, 15) is 9.59 Å². The molecule has 2 amide bonds. The van der Waals surface area contributed by atoms with E-state index in [0.717, 1.165) is 30.8 Å². The average Bonchev–Trinajstić information content (AvgIpc) is 3.20. The molecule has 6 nitrogen and oxygen atoms in total. The van der Waals surface area contributed by atoms with Crippen LogP contribution >= 0.6 is 22.7 Å². The standard InChI is InChI=1S/C16H20N4O2S2/c21-14(18-11-3-1-5-17-9-11)7-12-10-24-16(19-12)20-15(22)8-13-4-2-6-23-13/h2,4,6,10-11,17H,1,3,5,7-9H2,(H,18,21)(H,19,20,22)/t11-/m0/s1. The molecule has 0 bridgehead atoms. The van der Waals surface area contributed by atoms with Gasteiger partial charge < -0.3 is 16.0 Å². The van der Waals surface area contributed by atoms with Gasteiger partial charge in [-0.2, -0.15) is 0 Å². The van der Waals surface area contributed by atoms with Crippen molar-refractivity contribution in [2.24, 2.45) is 0 Å². The molecule has 1 aliphatic heterocycles. The molecule has 0 aliphatic carbocycles. The average molecular weight is 364 g/mol. The maximum Gasteiger partial charge on any atom is 0.231 e. The molecule has 0 spiro atoms. The summed E-state index contributed by atoms with van der Waals surface area (Å²) in [6.07, 6.45) is 2.69. The Balaban J connectivity index is 1.46. The third-order valence-corrected chi connectivity index (χ3v) is 5.40. The van der Waals surface area contributed by atoms with E-state index in [0.29, 0.717) is 17.2 Å². The maximum absolute atomic E-state index is 12.1. The first-order valence-electron chi connectivity index (χ1n) is 7.96. The second-order valence-corrected chi connectivity index (χ2v) is 7.63. The Morgan fingerprint density at radius 1 is 1.29 bits per heavy atom. The number of hydrogen-bond donors (Lipinski definition) is 3. The Kier molecular flexibility index (Phi) is 5.95. The van der Waals surface area contributed by atoms with E-state index >= 15 is 0 Å². The molecule has 128 valence electrons. The van der Waals surface area contributed by atoms with E-state index < -0.39 is 0 Å². The van der Waals surface area contributed by atoms with Gasteiger partial charge in [-0.25, -0.2) is 4.98 Å². The van der Waals surface area contributed by atoms with Gasteiger partial charge >= 0.3 is 0 Å². The zero-order chi connectivity index (χ0) is 16.8. The molecule has 1 saturated heterocycles. The highest BCUT2D eigenvalue weighted by molar-refractivity contribution is 7.14. The number of carbonyl (C=O) groups is 2. The summed E-state index contributed by atoms with van der Waals surface area (Å²) in [5.41, 5.74) is 0.688. The fourth-order valence-corrected chi connectivity index (χ4v) is 4.03. The SMILES string of the molecule is O=C(Cc1cccs1)Nc1nc(CC(=O)N[C@H]2CCCNC2)cs1. The normalized spacial score (nSPS) is 17.4. The fraction of sp³-hybridized carbons (Fsp3) is 0.438. The Morgan fingerprint density at radius 3 is 2.96 bits per heavy atom. The molecule has 0 saturated carbocycles. The summed E-state index contributed by atoms with van der Waals surface area (Å²) in [4.78, 5) is 29.4.